The fourth-order valence-corrected chi connectivity index (χ4v) is 1.98. The summed E-state index contributed by atoms with van der Waals surface area (Å²) in [6, 6.07) is 0.329. The van der Waals surface area contributed by atoms with Gasteiger partial charge in [0.1, 0.15) is 6.10 Å². The highest BCUT2D eigenvalue weighted by molar-refractivity contribution is 5.13. The van der Waals surface area contributed by atoms with Crippen molar-refractivity contribution in [2.45, 2.75) is 44.8 Å². The predicted octanol–water partition coefficient (Wildman–Crippen LogP) is 1.52. The van der Waals surface area contributed by atoms with E-state index in [0.29, 0.717) is 24.4 Å². The maximum absolute atomic E-state index is 5.85. The van der Waals surface area contributed by atoms with E-state index in [1.807, 2.05) is 6.92 Å². The number of nitrogens with zero attached hydrogens (tertiary/aromatic N) is 2. The van der Waals surface area contributed by atoms with E-state index in [9.17, 15) is 0 Å². The first-order chi connectivity index (χ1) is 8.28. The van der Waals surface area contributed by atoms with Gasteiger partial charge < -0.3 is 15.2 Å². The van der Waals surface area contributed by atoms with Crippen LogP contribution in [-0.2, 0) is 0 Å². The molecular weight excluding hydrogens is 218 g/mol. The highest BCUT2D eigenvalue weighted by Crippen LogP contribution is 2.22. The van der Waals surface area contributed by atoms with Crippen LogP contribution in [0, 0.1) is 0 Å². The van der Waals surface area contributed by atoms with E-state index in [1.165, 1.54) is 0 Å². The molecule has 1 aliphatic rings. The minimum absolute atomic E-state index is 0.209. The van der Waals surface area contributed by atoms with E-state index in [0.717, 1.165) is 25.7 Å². The van der Waals surface area contributed by atoms with Crippen molar-refractivity contribution in [1.29, 1.82) is 0 Å². The lowest BCUT2D eigenvalue weighted by atomic mass is 9.94. The smallest absolute Gasteiger partial charge is 0.235 e. The van der Waals surface area contributed by atoms with Crippen LogP contribution in [0.3, 0.4) is 0 Å². The van der Waals surface area contributed by atoms with Crippen molar-refractivity contribution in [3.05, 3.63) is 12.4 Å². The van der Waals surface area contributed by atoms with Gasteiger partial charge in [-0.1, -0.05) is 0 Å². The van der Waals surface area contributed by atoms with E-state index >= 15 is 0 Å². The lowest BCUT2D eigenvalue weighted by Gasteiger charge is -2.26. The van der Waals surface area contributed by atoms with Crippen LogP contribution in [0.2, 0.25) is 0 Å². The molecular formula is C12H19N3O2. The third-order valence-electron chi connectivity index (χ3n) is 2.89. The summed E-state index contributed by atoms with van der Waals surface area (Å²) in [5.41, 5.74) is 5.85. The molecule has 0 atom stereocenters. The molecule has 1 fully saturated rings. The molecule has 17 heavy (non-hydrogen) atoms. The summed E-state index contributed by atoms with van der Waals surface area (Å²) in [5, 5.41) is 0. The summed E-state index contributed by atoms with van der Waals surface area (Å²) in [7, 11) is 0. The molecule has 94 valence electrons. The Morgan fingerprint density at radius 1 is 1.24 bits per heavy atom. The van der Waals surface area contributed by atoms with Gasteiger partial charge in [0, 0.05) is 6.04 Å². The van der Waals surface area contributed by atoms with Gasteiger partial charge in [0.05, 0.1) is 19.0 Å². The van der Waals surface area contributed by atoms with Crippen LogP contribution in [0.5, 0.6) is 11.8 Å². The Kier molecular flexibility index (Phi) is 4.14. The second kappa shape index (κ2) is 5.82. The molecule has 0 unspecified atom stereocenters. The van der Waals surface area contributed by atoms with Gasteiger partial charge in [-0.3, -0.25) is 4.98 Å². The fourth-order valence-electron chi connectivity index (χ4n) is 1.98. The Labute approximate surface area is 101 Å². The third-order valence-corrected chi connectivity index (χ3v) is 2.89. The van der Waals surface area contributed by atoms with Gasteiger partial charge in [0.2, 0.25) is 11.8 Å². The van der Waals surface area contributed by atoms with Gasteiger partial charge in [-0.05, 0) is 32.6 Å². The molecule has 0 amide bonds. The molecule has 5 heteroatoms. The molecule has 0 spiro atoms. The number of hydrogen-bond acceptors (Lipinski definition) is 5. The predicted molar refractivity (Wildman–Crippen MR) is 64.1 cm³/mol. The average molecular weight is 237 g/mol. The molecule has 0 aliphatic heterocycles. The highest BCUT2D eigenvalue weighted by Gasteiger charge is 2.20. The molecule has 1 heterocycles. The monoisotopic (exact) mass is 237 g/mol. The van der Waals surface area contributed by atoms with Crippen LogP contribution in [-0.4, -0.2) is 28.7 Å². The molecule has 5 nitrogen and oxygen atoms in total. The summed E-state index contributed by atoms with van der Waals surface area (Å²) in [5.74, 6) is 1.05. The molecule has 1 aromatic rings. The van der Waals surface area contributed by atoms with E-state index in [4.69, 9.17) is 15.2 Å². The van der Waals surface area contributed by atoms with Crippen LogP contribution >= 0.6 is 0 Å². The molecule has 1 saturated carbocycles. The van der Waals surface area contributed by atoms with Gasteiger partial charge in [-0.15, -0.1) is 0 Å². The zero-order valence-corrected chi connectivity index (χ0v) is 10.1. The Bertz CT molecular complexity index is 351. The Morgan fingerprint density at radius 2 is 1.94 bits per heavy atom. The van der Waals surface area contributed by atoms with E-state index in [1.54, 1.807) is 12.4 Å². The quantitative estimate of drug-likeness (QED) is 0.859. The first kappa shape index (κ1) is 12.1. The minimum Gasteiger partial charge on any atom is -0.477 e. The largest absolute Gasteiger partial charge is 0.477 e. The Hall–Kier alpha value is -1.36. The van der Waals surface area contributed by atoms with Crippen LogP contribution in [0.1, 0.15) is 32.6 Å². The molecule has 2 N–H and O–H groups in total. The summed E-state index contributed by atoms with van der Waals surface area (Å²) < 4.78 is 11.1. The fraction of sp³-hybridized carbons (Fsp3) is 0.667. The first-order valence-electron chi connectivity index (χ1n) is 6.15. The second-order valence-corrected chi connectivity index (χ2v) is 4.28. The van der Waals surface area contributed by atoms with Crippen molar-refractivity contribution < 1.29 is 9.47 Å². The van der Waals surface area contributed by atoms with E-state index in [2.05, 4.69) is 9.97 Å². The van der Waals surface area contributed by atoms with Crippen LogP contribution < -0.4 is 15.2 Å². The molecule has 0 saturated heterocycles. The van der Waals surface area contributed by atoms with E-state index in [-0.39, 0.29) is 6.10 Å². The minimum atomic E-state index is 0.209. The van der Waals surface area contributed by atoms with Crippen molar-refractivity contribution in [3.63, 3.8) is 0 Å². The lowest BCUT2D eigenvalue weighted by molar-refractivity contribution is 0.139. The van der Waals surface area contributed by atoms with Crippen LogP contribution in [0.4, 0.5) is 0 Å². The van der Waals surface area contributed by atoms with Gasteiger partial charge in [0.25, 0.3) is 0 Å². The molecule has 0 aromatic carbocycles. The summed E-state index contributed by atoms with van der Waals surface area (Å²) in [4.78, 5) is 8.28. The van der Waals surface area contributed by atoms with Crippen molar-refractivity contribution >= 4 is 0 Å². The lowest BCUT2D eigenvalue weighted by Crippen LogP contribution is -2.31. The first-order valence-corrected chi connectivity index (χ1v) is 6.15. The molecule has 1 aliphatic carbocycles. The van der Waals surface area contributed by atoms with Crippen molar-refractivity contribution in [2.24, 2.45) is 5.73 Å². The van der Waals surface area contributed by atoms with Gasteiger partial charge >= 0.3 is 0 Å². The topological polar surface area (TPSA) is 70.3 Å². The third kappa shape index (κ3) is 3.56. The van der Waals surface area contributed by atoms with Gasteiger partial charge in [-0.2, -0.15) is 4.98 Å². The maximum Gasteiger partial charge on any atom is 0.235 e. The highest BCUT2D eigenvalue weighted by atomic mass is 16.5. The zero-order valence-electron chi connectivity index (χ0n) is 10.1. The van der Waals surface area contributed by atoms with Gasteiger partial charge in [-0.25, -0.2) is 0 Å². The SMILES string of the molecule is CCOc1cncc(OC2CCC(N)CC2)n1. The molecule has 1 aromatic heterocycles. The van der Waals surface area contributed by atoms with Crippen molar-refractivity contribution in [3.8, 4) is 11.8 Å². The standard InChI is InChI=1S/C12H19N3O2/c1-2-16-11-7-14-8-12(15-11)17-10-5-3-9(13)4-6-10/h7-10H,2-6,13H2,1H3. The second-order valence-electron chi connectivity index (χ2n) is 4.28. The summed E-state index contributed by atoms with van der Waals surface area (Å²) >= 11 is 0. The van der Waals surface area contributed by atoms with E-state index < -0.39 is 0 Å². The number of rotatable bonds is 4. The normalized spacial score (nSPS) is 24.4. The van der Waals surface area contributed by atoms with Crippen molar-refractivity contribution in [2.75, 3.05) is 6.61 Å². The van der Waals surface area contributed by atoms with Gasteiger partial charge in [0.15, 0.2) is 0 Å². The molecule has 2 rings (SSSR count). The Morgan fingerprint density at radius 3 is 2.65 bits per heavy atom. The Balaban J connectivity index is 1.91. The number of nitrogens with two attached hydrogens (primary N) is 1. The van der Waals surface area contributed by atoms with Crippen LogP contribution in [0.15, 0.2) is 12.4 Å². The zero-order chi connectivity index (χ0) is 12.1. The molecule has 0 radical (unpaired) electrons. The number of aromatic nitrogens is 2. The van der Waals surface area contributed by atoms with Crippen molar-refractivity contribution in [1.82, 2.24) is 9.97 Å². The maximum atomic E-state index is 5.85. The van der Waals surface area contributed by atoms with Crippen LogP contribution in [0.25, 0.3) is 0 Å². The summed E-state index contributed by atoms with van der Waals surface area (Å²) in [6.07, 6.45) is 7.43. The average Bonchev–Trinajstić information content (AvgIpc) is 2.33. The summed E-state index contributed by atoms with van der Waals surface area (Å²) in [6.45, 7) is 2.49. The number of hydrogen-bond donors (Lipinski definition) is 1. The molecule has 0 bridgehead atoms. The number of ether oxygens (including phenoxy) is 2.